The van der Waals surface area contributed by atoms with Crippen LogP contribution in [0.15, 0.2) is 24.3 Å². The lowest BCUT2D eigenvalue weighted by Crippen LogP contribution is -2.34. The first-order valence-corrected chi connectivity index (χ1v) is 7.23. The summed E-state index contributed by atoms with van der Waals surface area (Å²) in [5.41, 5.74) is 0.686. The van der Waals surface area contributed by atoms with E-state index in [0.29, 0.717) is 24.4 Å². The van der Waals surface area contributed by atoms with E-state index in [-0.39, 0.29) is 5.91 Å². The zero-order valence-corrected chi connectivity index (χ0v) is 12.8. The maximum Gasteiger partial charge on any atom is 0.238 e. The van der Waals surface area contributed by atoms with Crippen molar-refractivity contribution in [2.75, 3.05) is 32.1 Å². The number of benzene rings is 1. The van der Waals surface area contributed by atoms with Crippen molar-refractivity contribution in [3.8, 4) is 11.8 Å². The standard InChI is InChI=1S/C16H23N3O2/c1-3-19(12-8-4-7-11-17)13-16(20)18-14-9-5-6-10-15(14)21-2/h5-6,9-10H,3-4,7-8,12-13H2,1-2H3,(H,18,20). The molecule has 5 nitrogen and oxygen atoms in total. The molecule has 0 aliphatic carbocycles. The number of nitrogens with one attached hydrogen (secondary N) is 1. The minimum Gasteiger partial charge on any atom is -0.495 e. The lowest BCUT2D eigenvalue weighted by Gasteiger charge is -2.20. The van der Waals surface area contributed by atoms with E-state index in [1.165, 1.54) is 0 Å². The molecule has 0 heterocycles. The summed E-state index contributed by atoms with van der Waals surface area (Å²) in [5.74, 6) is 0.601. The lowest BCUT2D eigenvalue weighted by atomic mass is 10.2. The average molecular weight is 289 g/mol. The normalized spacial score (nSPS) is 10.2. The van der Waals surface area contributed by atoms with Gasteiger partial charge in [-0.05, 0) is 38.1 Å². The number of carbonyl (C=O) groups excluding carboxylic acids is 1. The van der Waals surface area contributed by atoms with Gasteiger partial charge in [0.05, 0.1) is 25.4 Å². The highest BCUT2D eigenvalue weighted by Crippen LogP contribution is 2.22. The van der Waals surface area contributed by atoms with Gasteiger partial charge in [0.1, 0.15) is 5.75 Å². The molecule has 21 heavy (non-hydrogen) atoms. The molecule has 1 aromatic carbocycles. The van der Waals surface area contributed by atoms with Gasteiger partial charge in [0.15, 0.2) is 0 Å². The van der Waals surface area contributed by atoms with Gasteiger partial charge in [-0.1, -0.05) is 19.1 Å². The SMILES string of the molecule is CCN(CCCCC#N)CC(=O)Nc1ccccc1OC. The number of amides is 1. The zero-order chi connectivity index (χ0) is 15.5. The first-order valence-electron chi connectivity index (χ1n) is 7.23. The smallest absolute Gasteiger partial charge is 0.238 e. The fourth-order valence-electron chi connectivity index (χ4n) is 2.03. The Morgan fingerprint density at radius 3 is 2.81 bits per heavy atom. The third-order valence-electron chi connectivity index (χ3n) is 3.21. The number of ether oxygens (including phenoxy) is 1. The molecule has 1 aromatic rings. The molecule has 1 N–H and O–H groups in total. The van der Waals surface area contributed by atoms with Crippen molar-refractivity contribution >= 4 is 11.6 Å². The molecule has 0 unspecified atom stereocenters. The highest BCUT2D eigenvalue weighted by Gasteiger charge is 2.11. The quantitative estimate of drug-likeness (QED) is 0.710. The van der Waals surface area contributed by atoms with Crippen molar-refractivity contribution in [1.82, 2.24) is 4.90 Å². The van der Waals surface area contributed by atoms with Crippen LogP contribution in [0.25, 0.3) is 0 Å². The van der Waals surface area contributed by atoms with E-state index < -0.39 is 0 Å². The molecule has 0 radical (unpaired) electrons. The van der Waals surface area contributed by atoms with Crippen molar-refractivity contribution in [3.63, 3.8) is 0 Å². The second-order valence-corrected chi connectivity index (χ2v) is 4.73. The molecule has 0 saturated carbocycles. The van der Waals surface area contributed by atoms with Crippen molar-refractivity contribution < 1.29 is 9.53 Å². The molecule has 1 amide bonds. The van der Waals surface area contributed by atoms with Gasteiger partial charge in [0, 0.05) is 6.42 Å². The van der Waals surface area contributed by atoms with E-state index in [4.69, 9.17) is 10.00 Å². The Kier molecular flexibility index (Phi) is 7.92. The van der Waals surface area contributed by atoms with Crippen LogP contribution >= 0.6 is 0 Å². The van der Waals surface area contributed by atoms with Crippen LogP contribution in [-0.2, 0) is 4.79 Å². The molecule has 0 spiro atoms. The van der Waals surface area contributed by atoms with Gasteiger partial charge >= 0.3 is 0 Å². The van der Waals surface area contributed by atoms with Crippen molar-refractivity contribution in [2.45, 2.75) is 26.2 Å². The van der Waals surface area contributed by atoms with E-state index in [1.807, 2.05) is 31.2 Å². The summed E-state index contributed by atoms with van der Waals surface area (Å²) in [6, 6.07) is 9.49. The van der Waals surface area contributed by atoms with Gasteiger partial charge in [-0.25, -0.2) is 0 Å². The Morgan fingerprint density at radius 1 is 1.38 bits per heavy atom. The van der Waals surface area contributed by atoms with Crippen molar-refractivity contribution in [1.29, 1.82) is 5.26 Å². The third-order valence-corrected chi connectivity index (χ3v) is 3.21. The Hall–Kier alpha value is -2.06. The number of likely N-dealkylation sites (N-methyl/N-ethyl adjacent to an activating group) is 1. The number of carbonyl (C=O) groups is 1. The number of hydrogen-bond acceptors (Lipinski definition) is 4. The second kappa shape index (κ2) is 9.78. The fraction of sp³-hybridized carbons (Fsp3) is 0.500. The molecule has 0 saturated heterocycles. The average Bonchev–Trinajstić information content (AvgIpc) is 2.50. The minimum atomic E-state index is -0.0540. The highest BCUT2D eigenvalue weighted by molar-refractivity contribution is 5.93. The van der Waals surface area contributed by atoms with Gasteiger partial charge in [0.25, 0.3) is 0 Å². The molecule has 0 aliphatic heterocycles. The van der Waals surface area contributed by atoms with E-state index in [2.05, 4.69) is 16.3 Å². The summed E-state index contributed by atoms with van der Waals surface area (Å²) in [7, 11) is 1.58. The van der Waals surface area contributed by atoms with Gasteiger partial charge in [0.2, 0.25) is 5.91 Å². The number of hydrogen-bond donors (Lipinski definition) is 1. The van der Waals surface area contributed by atoms with Crippen LogP contribution in [0.3, 0.4) is 0 Å². The van der Waals surface area contributed by atoms with Crippen molar-refractivity contribution in [3.05, 3.63) is 24.3 Å². The molecular formula is C16H23N3O2. The summed E-state index contributed by atoms with van der Waals surface area (Å²) >= 11 is 0. The van der Waals surface area contributed by atoms with E-state index >= 15 is 0 Å². The van der Waals surface area contributed by atoms with E-state index in [0.717, 1.165) is 25.9 Å². The zero-order valence-electron chi connectivity index (χ0n) is 12.8. The number of para-hydroxylation sites is 2. The van der Waals surface area contributed by atoms with E-state index in [1.54, 1.807) is 7.11 Å². The van der Waals surface area contributed by atoms with Crippen LogP contribution in [-0.4, -0.2) is 37.6 Å². The summed E-state index contributed by atoms with van der Waals surface area (Å²) in [6.07, 6.45) is 2.38. The predicted octanol–water partition coefficient (Wildman–Crippen LogP) is 2.65. The summed E-state index contributed by atoms with van der Waals surface area (Å²) in [4.78, 5) is 14.1. The molecule has 5 heteroatoms. The molecular weight excluding hydrogens is 266 g/mol. The number of nitriles is 1. The molecule has 0 aromatic heterocycles. The van der Waals surface area contributed by atoms with Crippen molar-refractivity contribution in [2.24, 2.45) is 0 Å². The topological polar surface area (TPSA) is 65.4 Å². The van der Waals surface area contributed by atoms with Gasteiger partial charge in [-0.3, -0.25) is 9.69 Å². The number of methoxy groups -OCH3 is 1. The Bertz CT molecular complexity index is 483. The number of rotatable bonds is 9. The van der Waals surface area contributed by atoms with E-state index in [9.17, 15) is 4.79 Å². The molecule has 0 aliphatic rings. The van der Waals surface area contributed by atoms with Crippen LogP contribution in [0.5, 0.6) is 5.75 Å². The van der Waals surface area contributed by atoms with Crippen LogP contribution in [0.1, 0.15) is 26.2 Å². The van der Waals surface area contributed by atoms with Crippen LogP contribution in [0.2, 0.25) is 0 Å². The predicted molar refractivity (Wildman–Crippen MR) is 83.2 cm³/mol. The largest absolute Gasteiger partial charge is 0.495 e. The third kappa shape index (κ3) is 6.28. The summed E-state index contributed by atoms with van der Waals surface area (Å²) in [6.45, 7) is 4.02. The summed E-state index contributed by atoms with van der Waals surface area (Å²) in [5, 5.41) is 11.4. The Labute approximate surface area is 126 Å². The van der Waals surface area contributed by atoms with Gasteiger partial charge in [-0.2, -0.15) is 5.26 Å². The number of unbranched alkanes of at least 4 members (excludes halogenated alkanes) is 2. The Balaban J connectivity index is 2.45. The second-order valence-electron chi connectivity index (χ2n) is 4.73. The number of anilines is 1. The minimum absolute atomic E-state index is 0.0540. The molecule has 1 rings (SSSR count). The maximum absolute atomic E-state index is 12.1. The van der Waals surface area contributed by atoms with Gasteiger partial charge in [-0.15, -0.1) is 0 Å². The first kappa shape index (κ1) is 17.0. The number of nitrogens with zero attached hydrogens (tertiary/aromatic N) is 2. The van der Waals surface area contributed by atoms with Crippen LogP contribution in [0.4, 0.5) is 5.69 Å². The first-order chi connectivity index (χ1) is 10.2. The fourth-order valence-corrected chi connectivity index (χ4v) is 2.03. The molecule has 0 atom stereocenters. The van der Waals surface area contributed by atoms with Crippen LogP contribution in [0, 0.1) is 11.3 Å². The molecule has 114 valence electrons. The molecule has 0 fully saturated rings. The highest BCUT2D eigenvalue weighted by atomic mass is 16.5. The Morgan fingerprint density at radius 2 is 2.14 bits per heavy atom. The lowest BCUT2D eigenvalue weighted by molar-refractivity contribution is -0.117. The summed E-state index contributed by atoms with van der Waals surface area (Å²) < 4.78 is 5.21. The van der Waals surface area contributed by atoms with Gasteiger partial charge < -0.3 is 10.1 Å². The molecule has 0 bridgehead atoms. The van der Waals surface area contributed by atoms with Crippen LogP contribution < -0.4 is 10.1 Å². The maximum atomic E-state index is 12.1. The monoisotopic (exact) mass is 289 g/mol.